The molecule has 1 fully saturated rings. The summed E-state index contributed by atoms with van der Waals surface area (Å²) in [6.45, 7) is 5.09. The van der Waals surface area contributed by atoms with Gasteiger partial charge < -0.3 is 19.1 Å². The van der Waals surface area contributed by atoms with E-state index in [0.717, 1.165) is 56.3 Å². The fraction of sp³-hybridized carbons (Fsp3) is 0.409. The predicted octanol–water partition coefficient (Wildman–Crippen LogP) is 2.83. The first kappa shape index (κ1) is 18.6. The lowest BCUT2D eigenvalue weighted by Crippen LogP contribution is -2.42. The quantitative estimate of drug-likeness (QED) is 0.758. The molecule has 1 saturated heterocycles. The number of carbonyl (C=O) groups is 1. The average Bonchev–Trinajstić information content (AvgIpc) is 2.98. The van der Waals surface area contributed by atoms with Crippen molar-refractivity contribution < 1.29 is 19.0 Å². The molecule has 2 aliphatic rings. The Morgan fingerprint density at radius 3 is 2.68 bits per heavy atom. The Morgan fingerprint density at radius 1 is 1.04 bits per heavy atom. The van der Waals surface area contributed by atoms with Gasteiger partial charge in [-0.05, 0) is 30.7 Å². The SMILES string of the molecule is COC(=O)c1ccccc1N1CCCN(CC2COc3ccccc3O2)CC1. The Bertz CT molecular complexity index is 826. The number of ether oxygens (including phenoxy) is 3. The third-order valence-corrected chi connectivity index (χ3v) is 5.27. The van der Waals surface area contributed by atoms with E-state index in [9.17, 15) is 4.79 Å². The van der Waals surface area contributed by atoms with Gasteiger partial charge in [0.15, 0.2) is 11.5 Å². The number of benzene rings is 2. The van der Waals surface area contributed by atoms with Gasteiger partial charge in [0.1, 0.15) is 12.7 Å². The number of para-hydroxylation sites is 3. The zero-order chi connectivity index (χ0) is 19.3. The van der Waals surface area contributed by atoms with Crippen LogP contribution in [0.15, 0.2) is 48.5 Å². The fourth-order valence-electron chi connectivity index (χ4n) is 3.87. The summed E-state index contributed by atoms with van der Waals surface area (Å²) in [7, 11) is 1.42. The first-order chi connectivity index (χ1) is 13.7. The summed E-state index contributed by atoms with van der Waals surface area (Å²) >= 11 is 0. The van der Waals surface area contributed by atoms with Gasteiger partial charge in [-0.2, -0.15) is 0 Å². The minimum atomic E-state index is -0.289. The van der Waals surface area contributed by atoms with Gasteiger partial charge in [0.2, 0.25) is 0 Å². The van der Waals surface area contributed by atoms with E-state index in [-0.39, 0.29) is 12.1 Å². The van der Waals surface area contributed by atoms with Crippen LogP contribution in [0, 0.1) is 0 Å². The van der Waals surface area contributed by atoms with Gasteiger partial charge in [0.05, 0.1) is 18.4 Å². The number of hydrogen-bond donors (Lipinski definition) is 0. The number of hydrogen-bond acceptors (Lipinski definition) is 6. The van der Waals surface area contributed by atoms with Crippen molar-refractivity contribution in [3.05, 3.63) is 54.1 Å². The van der Waals surface area contributed by atoms with Gasteiger partial charge in [-0.15, -0.1) is 0 Å². The first-order valence-electron chi connectivity index (χ1n) is 9.78. The summed E-state index contributed by atoms with van der Waals surface area (Å²) in [4.78, 5) is 16.8. The van der Waals surface area contributed by atoms with E-state index in [0.29, 0.717) is 12.2 Å². The average molecular weight is 382 g/mol. The molecule has 1 atom stereocenters. The molecule has 1 unspecified atom stereocenters. The van der Waals surface area contributed by atoms with Crippen LogP contribution in [0.2, 0.25) is 0 Å². The molecule has 0 amide bonds. The Kier molecular flexibility index (Phi) is 5.67. The summed E-state index contributed by atoms with van der Waals surface area (Å²) in [5.41, 5.74) is 1.57. The second-order valence-corrected chi connectivity index (χ2v) is 7.15. The third kappa shape index (κ3) is 4.07. The van der Waals surface area contributed by atoms with Gasteiger partial charge in [-0.1, -0.05) is 24.3 Å². The minimum Gasteiger partial charge on any atom is -0.486 e. The second kappa shape index (κ2) is 8.52. The molecule has 0 saturated carbocycles. The van der Waals surface area contributed by atoms with Gasteiger partial charge in [0, 0.05) is 32.7 Å². The Hall–Kier alpha value is -2.73. The number of fused-ring (bicyclic) bond motifs is 1. The van der Waals surface area contributed by atoms with Crippen LogP contribution in [0.3, 0.4) is 0 Å². The molecule has 0 radical (unpaired) electrons. The second-order valence-electron chi connectivity index (χ2n) is 7.15. The zero-order valence-electron chi connectivity index (χ0n) is 16.2. The van der Waals surface area contributed by atoms with Crippen molar-refractivity contribution in [3.8, 4) is 11.5 Å². The van der Waals surface area contributed by atoms with Crippen LogP contribution in [0.25, 0.3) is 0 Å². The number of rotatable bonds is 4. The summed E-state index contributed by atoms with van der Waals surface area (Å²) < 4.78 is 16.9. The number of nitrogens with zero attached hydrogens (tertiary/aromatic N) is 2. The lowest BCUT2D eigenvalue weighted by molar-refractivity contribution is 0.0601. The Morgan fingerprint density at radius 2 is 1.82 bits per heavy atom. The maximum Gasteiger partial charge on any atom is 0.339 e. The van der Waals surface area contributed by atoms with E-state index in [1.807, 2.05) is 48.5 Å². The van der Waals surface area contributed by atoms with E-state index in [1.54, 1.807) is 0 Å². The number of esters is 1. The van der Waals surface area contributed by atoms with Gasteiger partial charge in [-0.3, -0.25) is 4.90 Å². The molecule has 28 heavy (non-hydrogen) atoms. The summed E-state index contributed by atoms with van der Waals surface area (Å²) in [5, 5.41) is 0. The predicted molar refractivity (Wildman–Crippen MR) is 107 cm³/mol. The molecule has 0 N–H and O–H groups in total. The van der Waals surface area contributed by atoms with Crippen molar-refractivity contribution in [1.29, 1.82) is 0 Å². The maximum atomic E-state index is 12.1. The van der Waals surface area contributed by atoms with E-state index in [2.05, 4.69) is 9.80 Å². The van der Waals surface area contributed by atoms with Crippen LogP contribution in [-0.4, -0.2) is 63.4 Å². The van der Waals surface area contributed by atoms with Crippen molar-refractivity contribution in [2.75, 3.05) is 51.3 Å². The molecule has 0 bridgehead atoms. The lowest BCUT2D eigenvalue weighted by atomic mass is 10.1. The number of anilines is 1. The van der Waals surface area contributed by atoms with Crippen LogP contribution in [0.1, 0.15) is 16.8 Å². The van der Waals surface area contributed by atoms with E-state index in [1.165, 1.54) is 7.11 Å². The molecule has 0 aromatic heterocycles. The molecule has 2 aromatic carbocycles. The minimum absolute atomic E-state index is 0.0313. The van der Waals surface area contributed by atoms with Gasteiger partial charge in [-0.25, -0.2) is 4.79 Å². The van der Waals surface area contributed by atoms with Crippen LogP contribution in [-0.2, 0) is 4.74 Å². The van der Waals surface area contributed by atoms with Crippen LogP contribution in [0.4, 0.5) is 5.69 Å². The smallest absolute Gasteiger partial charge is 0.339 e. The fourth-order valence-corrected chi connectivity index (χ4v) is 3.87. The molecule has 4 rings (SSSR count). The van der Waals surface area contributed by atoms with Crippen molar-refractivity contribution in [2.24, 2.45) is 0 Å². The van der Waals surface area contributed by atoms with E-state index in [4.69, 9.17) is 14.2 Å². The number of methoxy groups -OCH3 is 1. The molecular weight excluding hydrogens is 356 g/mol. The molecule has 148 valence electrons. The Balaban J connectivity index is 1.38. The summed E-state index contributed by atoms with van der Waals surface area (Å²) in [6, 6.07) is 15.5. The van der Waals surface area contributed by atoms with Crippen LogP contribution >= 0.6 is 0 Å². The highest BCUT2D eigenvalue weighted by molar-refractivity contribution is 5.95. The highest BCUT2D eigenvalue weighted by Crippen LogP contribution is 2.31. The van der Waals surface area contributed by atoms with Crippen LogP contribution in [0.5, 0.6) is 11.5 Å². The topological polar surface area (TPSA) is 51.2 Å². The molecule has 6 nitrogen and oxygen atoms in total. The molecule has 0 aliphatic carbocycles. The summed E-state index contributed by atoms with van der Waals surface area (Å²) in [5.74, 6) is 1.35. The number of carbonyl (C=O) groups excluding carboxylic acids is 1. The largest absolute Gasteiger partial charge is 0.486 e. The molecule has 2 aromatic rings. The maximum absolute atomic E-state index is 12.1. The molecule has 2 aliphatic heterocycles. The van der Waals surface area contributed by atoms with Crippen molar-refractivity contribution >= 4 is 11.7 Å². The highest BCUT2D eigenvalue weighted by Gasteiger charge is 2.25. The molecular formula is C22H26N2O4. The van der Waals surface area contributed by atoms with E-state index >= 15 is 0 Å². The highest BCUT2D eigenvalue weighted by atomic mass is 16.6. The van der Waals surface area contributed by atoms with Crippen molar-refractivity contribution in [3.63, 3.8) is 0 Å². The van der Waals surface area contributed by atoms with Crippen LogP contribution < -0.4 is 14.4 Å². The molecule has 2 heterocycles. The van der Waals surface area contributed by atoms with Crippen molar-refractivity contribution in [1.82, 2.24) is 4.90 Å². The third-order valence-electron chi connectivity index (χ3n) is 5.27. The monoisotopic (exact) mass is 382 g/mol. The van der Waals surface area contributed by atoms with E-state index < -0.39 is 0 Å². The zero-order valence-corrected chi connectivity index (χ0v) is 16.2. The lowest BCUT2D eigenvalue weighted by Gasteiger charge is -2.31. The Labute approximate surface area is 165 Å². The normalized spacial score (nSPS) is 19.8. The van der Waals surface area contributed by atoms with Gasteiger partial charge >= 0.3 is 5.97 Å². The van der Waals surface area contributed by atoms with Crippen molar-refractivity contribution in [2.45, 2.75) is 12.5 Å². The first-order valence-corrected chi connectivity index (χ1v) is 9.78. The molecule has 6 heteroatoms. The molecule has 0 spiro atoms. The van der Waals surface area contributed by atoms with Gasteiger partial charge in [0.25, 0.3) is 0 Å². The summed E-state index contributed by atoms with van der Waals surface area (Å²) in [6.07, 6.45) is 1.06. The standard InChI is InChI=1S/C22H26N2O4/c1-26-22(25)18-7-2-3-8-19(18)24-12-6-11-23(13-14-24)15-17-16-27-20-9-4-5-10-21(20)28-17/h2-5,7-10,17H,6,11-16H2,1H3.